The Hall–Kier alpha value is -3.08. The lowest BCUT2D eigenvalue weighted by molar-refractivity contribution is 0.1000. The summed E-state index contributed by atoms with van der Waals surface area (Å²) in [5.41, 5.74) is 14.9. The minimum absolute atomic E-state index is 0.430. The minimum Gasteiger partial charge on any atom is -0.366 e. The zero-order chi connectivity index (χ0) is 14.7. The number of pyridine rings is 1. The summed E-state index contributed by atoms with van der Waals surface area (Å²) in [6.07, 6.45) is 7.06. The van der Waals surface area contributed by atoms with E-state index in [1.54, 1.807) is 18.5 Å². The molecule has 2 heterocycles. The molecule has 0 bridgehead atoms. The number of carbonyl (C=O) groups excluding carboxylic acids is 1. The molecule has 0 atom stereocenters. The van der Waals surface area contributed by atoms with Crippen molar-refractivity contribution >= 4 is 11.6 Å². The van der Waals surface area contributed by atoms with Gasteiger partial charge in [-0.15, -0.1) is 0 Å². The Kier molecular flexibility index (Phi) is 3.39. The van der Waals surface area contributed by atoms with Crippen LogP contribution in [0.15, 0.2) is 60.9 Å². The number of rotatable bonds is 3. The van der Waals surface area contributed by atoms with Crippen LogP contribution in [0, 0.1) is 0 Å². The van der Waals surface area contributed by atoms with Crippen molar-refractivity contribution in [3.05, 3.63) is 72.1 Å². The van der Waals surface area contributed by atoms with Crippen LogP contribution in [-0.2, 0) is 0 Å². The fourth-order valence-electron chi connectivity index (χ4n) is 2.25. The summed E-state index contributed by atoms with van der Waals surface area (Å²) in [5.74, 6) is -0.484. The van der Waals surface area contributed by atoms with Crippen molar-refractivity contribution in [3.63, 3.8) is 0 Å². The van der Waals surface area contributed by atoms with Crippen molar-refractivity contribution in [1.29, 1.82) is 0 Å². The molecule has 1 aromatic carbocycles. The summed E-state index contributed by atoms with van der Waals surface area (Å²) in [7, 11) is 0. The topological polar surface area (TPSA) is 80.0 Å². The molecule has 104 valence electrons. The average molecular weight is 278 g/mol. The molecule has 0 saturated carbocycles. The molecule has 1 aliphatic rings. The zero-order valence-corrected chi connectivity index (χ0v) is 11.2. The van der Waals surface area contributed by atoms with Gasteiger partial charge in [0.25, 0.3) is 0 Å². The number of nitrogens with two attached hydrogens (primary N) is 1. The third-order valence-electron chi connectivity index (χ3n) is 3.18. The Morgan fingerprint density at radius 2 is 1.95 bits per heavy atom. The number of hydrazine groups is 1. The predicted octanol–water partition coefficient (Wildman–Crippen LogP) is 1.81. The Morgan fingerprint density at radius 3 is 2.62 bits per heavy atom. The van der Waals surface area contributed by atoms with Crippen molar-refractivity contribution in [1.82, 2.24) is 15.8 Å². The number of carbonyl (C=O) groups is 1. The van der Waals surface area contributed by atoms with Crippen molar-refractivity contribution in [2.45, 2.75) is 0 Å². The number of aromatic nitrogens is 1. The molecule has 1 aliphatic heterocycles. The molecule has 1 amide bonds. The molecule has 21 heavy (non-hydrogen) atoms. The Morgan fingerprint density at radius 1 is 1.14 bits per heavy atom. The Bertz CT molecular complexity index is 735. The van der Waals surface area contributed by atoms with Crippen LogP contribution in [0.25, 0.3) is 17.0 Å². The number of amides is 1. The lowest BCUT2D eigenvalue weighted by Crippen LogP contribution is -2.29. The number of primary amides is 1. The average Bonchev–Trinajstić information content (AvgIpc) is 2.55. The molecule has 0 radical (unpaired) electrons. The number of benzene rings is 1. The first-order chi connectivity index (χ1) is 10.3. The van der Waals surface area contributed by atoms with E-state index >= 15 is 0 Å². The van der Waals surface area contributed by atoms with Gasteiger partial charge in [0.2, 0.25) is 5.91 Å². The van der Waals surface area contributed by atoms with E-state index < -0.39 is 5.91 Å². The standard InChI is InChI=1S/C16H14N4O/c17-16(21)12-8-10-18-15(11-5-2-1-3-6-11)14(12)13-7-4-9-19-20-13/h1-10,19-20H,(H2,17,21). The molecule has 0 spiro atoms. The second kappa shape index (κ2) is 5.50. The zero-order valence-electron chi connectivity index (χ0n) is 11.2. The van der Waals surface area contributed by atoms with Gasteiger partial charge in [-0.3, -0.25) is 9.78 Å². The fourth-order valence-corrected chi connectivity index (χ4v) is 2.25. The largest absolute Gasteiger partial charge is 0.366 e. The predicted molar refractivity (Wildman–Crippen MR) is 81.6 cm³/mol. The summed E-state index contributed by atoms with van der Waals surface area (Å²) in [6.45, 7) is 0. The van der Waals surface area contributed by atoms with Gasteiger partial charge in [0.1, 0.15) is 0 Å². The van der Waals surface area contributed by atoms with E-state index in [2.05, 4.69) is 15.8 Å². The number of nitrogens with one attached hydrogen (secondary N) is 2. The van der Waals surface area contributed by atoms with Gasteiger partial charge in [-0.2, -0.15) is 0 Å². The molecule has 5 heteroatoms. The number of hydrogen-bond acceptors (Lipinski definition) is 4. The fraction of sp³-hybridized carbons (Fsp3) is 0. The van der Waals surface area contributed by atoms with Gasteiger partial charge in [0.05, 0.1) is 17.0 Å². The highest BCUT2D eigenvalue weighted by Crippen LogP contribution is 2.29. The van der Waals surface area contributed by atoms with E-state index in [9.17, 15) is 4.79 Å². The van der Waals surface area contributed by atoms with Crippen molar-refractivity contribution in [3.8, 4) is 11.3 Å². The minimum atomic E-state index is -0.484. The van der Waals surface area contributed by atoms with Gasteiger partial charge in [-0.1, -0.05) is 30.3 Å². The third kappa shape index (κ3) is 2.49. The van der Waals surface area contributed by atoms with Crippen LogP contribution in [0.1, 0.15) is 15.9 Å². The quantitative estimate of drug-likeness (QED) is 0.800. The van der Waals surface area contributed by atoms with Gasteiger partial charge in [0.15, 0.2) is 0 Å². The summed E-state index contributed by atoms with van der Waals surface area (Å²) >= 11 is 0. The van der Waals surface area contributed by atoms with E-state index in [4.69, 9.17) is 5.73 Å². The normalized spacial score (nSPS) is 13.0. The summed E-state index contributed by atoms with van der Waals surface area (Å²) < 4.78 is 0. The van der Waals surface area contributed by atoms with Crippen LogP contribution >= 0.6 is 0 Å². The Labute approximate surface area is 122 Å². The van der Waals surface area contributed by atoms with Crippen LogP contribution in [0.3, 0.4) is 0 Å². The number of nitrogens with zero attached hydrogens (tertiary/aromatic N) is 1. The van der Waals surface area contributed by atoms with Crippen molar-refractivity contribution in [2.24, 2.45) is 5.73 Å². The number of hydrogen-bond donors (Lipinski definition) is 3. The summed E-state index contributed by atoms with van der Waals surface area (Å²) in [4.78, 5) is 16.2. The molecule has 2 aromatic rings. The van der Waals surface area contributed by atoms with Gasteiger partial charge >= 0.3 is 0 Å². The summed E-state index contributed by atoms with van der Waals surface area (Å²) in [5, 5.41) is 0. The van der Waals surface area contributed by atoms with Gasteiger partial charge in [-0.05, 0) is 18.2 Å². The molecule has 1 aromatic heterocycles. The highest BCUT2D eigenvalue weighted by atomic mass is 16.1. The highest BCUT2D eigenvalue weighted by molar-refractivity contribution is 6.00. The molecule has 5 nitrogen and oxygen atoms in total. The van der Waals surface area contributed by atoms with Crippen LogP contribution in [-0.4, -0.2) is 10.9 Å². The maximum atomic E-state index is 11.7. The molecule has 0 fully saturated rings. The molecular formula is C16H14N4O. The van der Waals surface area contributed by atoms with Gasteiger partial charge in [0, 0.05) is 23.5 Å². The highest BCUT2D eigenvalue weighted by Gasteiger charge is 2.19. The SMILES string of the molecule is NC(=O)c1ccnc(-c2ccccc2)c1C1=CC=CNN1. The van der Waals surface area contributed by atoms with E-state index in [-0.39, 0.29) is 0 Å². The van der Waals surface area contributed by atoms with Crippen molar-refractivity contribution < 1.29 is 4.79 Å². The van der Waals surface area contributed by atoms with Crippen LogP contribution in [0.4, 0.5) is 0 Å². The first-order valence-electron chi connectivity index (χ1n) is 6.50. The van der Waals surface area contributed by atoms with E-state index in [0.717, 1.165) is 11.3 Å². The molecule has 0 unspecified atom stereocenters. The maximum absolute atomic E-state index is 11.7. The van der Waals surface area contributed by atoms with Crippen molar-refractivity contribution in [2.75, 3.05) is 0 Å². The van der Waals surface area contributed by atoms with Crippen LogP contribution in [0.5, 0.6) is 0 Å². The van der Waals surface area contributed by atoms with Crippen LogP contribution < -0.4 is 16.6 Å². The smallest absolute Gasteiger partial charge is 0.249 e. The van der Waals surface area contributed by atoms with Gasteiger partial charge < -0.3 is 16.6 Å². The lowest BCUT2D eigenvalue weighted by atomic mass is 9.97. The molecule has 3 rings (SSSR count). The van der Waals surface area contributed by atoms with E-state index in [1.165, 1.54) is 0 Å². The molecule has 0 aliphatic carbocycles. The first kappa shape index (κ1) is 12.9. The van der Waals surface area contributed by atoms with E-state index in [0.29, 0.717) is 16.8 Å². The maximum Gasteiger partial charge on any atom is 0.249 e. The van der Waals surface area contributed by atoms with Crippen LogP contribution in [0.2, 0.25) is 0 Å². The van der Waals surface area contributed by atoms with E-state index in [1.807, 2.05) is 42.5 Å². The third-order valence-corrected chi connectivity index (χ3v) is 3.18. The summed E-state index contributed by atoms with van der Waals surface area (Å²) in [6, 6.07) is 11.3. The molecule has 0 saturated heterocycles. The Balaban J connectivity index is 2.25. The number of allylic oxidation sites excluding steroid dienone is 2. The molecular weight excluding hydrogens is 264 g/mol. The molecule has 4 N–H and O–H groups in total. The monoisotopic (exact) mass is 278 g/mol. The first-order valence-corrected chi connectivity index (χ1v) is 6.50. The van der Waals surface area contributed by atoms with Gasteiger partial charge in [-0.25, -0.2) is 0 Å². The lowest BCUT2D eigenvalue weighted by Gasteiger charge is -2.18. The second-order valence-electron chi connectivity index (χ2n) is 4.52. The second-order valence-corrected chi connectivity index (χ2v) is 4.52.